The number of sulfonamides is 1. The van der Waals surface area contributed by atoms with Crippen LogP contribution in [-0.2, 0) is 26.2 Å². The molecule has 0 aliphatic carbocycles. The molecule has 23 heavy (non-hydrogen) atoms. The van der Waals surface area contributed by atoms with Gasteiger partial charge in [-0.2, -0.15) is 4.31 Å². The average Bonchev–Trinajstić information content (AvgIpc) is 2.90. The molecule has 8 heteroatoms. The van der Waals surface area contributed by atoms with E-state index in [2.05, 4.69) is 5.32 Å². The van der Waals surface area contributed by atoms with Crippen LogP contribution in [0.1, 0.15) is 18.4 Å². The molecule has 1 aromatic rings. The van der Waals surface area contributed by atoms with Crippen LogP contribution >= 0.6 is 0 Å². The van der Waals surface area contributed by atoms with E-state index in [0.29, 0.717) is 13.0 Å². The first-order valence-corrected chi connectivity index (χ1v) is 9.19. The highest BCUT2D eigenvalue weighted by Crippen LogP contribution is 2.22. The summed E-state index contributed by atoms with van der Waals surface area (Å²) < 4.78 is 23.5. The normalized spacial score (nSPS) is 15.3. The average molecular weight is 339 g/mol. The molecule has 0 spiro atoms. The van der Waals surface area contributed by atoms with Crippen LogP contribution < -0.4 is 10.2 Å². The van der Waals surface area contributed by atoms with Crippen LogP contribution in [0, 0.1) is 0 Å². The Balaban J connectivity index is 1.93. The van der Waals surface area contributed by atoms with Gasteiger partial charge in [0.2, 0.25) is 21.8 Å². The summed E-state index contributed by atoms with van der Waals surface area (Å²) in [4.78, 5) is 25.3. The molecular formula is C15H21N3O4S. The highest BCUT2D eigenvalue weighted by Gasteiger charge is 2.21. The van der Waals surface area contributed by atoms with Crippen LogP contribution in [0.2, 0.25) is 0 Å². The van der Waals surface area contributed by atoms with Crippen LogP contribution in [0.5, 0.6) is 0 Å². The van der Waals surface area contributed by atoms with Crippen molar-refractivity contribution < 1.29 is 18.0 Å². The molecule has 2 amide bonds. The first-order valence-electron chi connectivity index (χ1n) is 7.34. The lowest BCUT2D eigenvalue weighted by Gasteiger charge is -2.17. The maximum absolute atomic E-state index is 11.8. The van der Waals surface area contributed by atoms with Gasteiger partial charge in [0.05, 0.1) is 12.8 Å². The number of hydrogen-bond donors (Lipinski definition) is 1. The molecule has 1 fully saturated rings. The summed E-state index contributed by atoms with van der Waals surface area (Å²) >= 11 is 0. The van der Waals surface area contributed by atoms with Crippen molar-refractivity contribution in [1.82, 2.24) is 9.62 Å². The van der Waals surface area contributed by atoms with E-state index in [9.17, 15) is 18.0 Å². The largest absolute Gasteiger partial charge is 0.351 e. The first-order chi connectivity index (χ1) is 10.8. The molecule has 0 radical (unpaired) electrons. The van der Waals surface area contributed by atoms with Gasteiger partial charge in [0.15, 0.2) is 0 Å². The molecule has 1 heterocycles. The number of carbonyl (C=O) groups excluding carboxylic acids is 2. The smallest absolute Gasteiger partial charge is 0.235 e. The fourth-order valence-corrected chi connectivity index (χ4v) is 2.68. The van der Waals surface area contributed by atoms with E-state index in [4.69, 9.17) is 0 Å². The van der Waals surface area contributed by atoms with Crippen molar-refractivity contribution in [2.75, 3.05) is 31.3 Å². The van der Waals surface area contributed by atoms with E-state index < -0.39 is 10.0 Å². The van der Waals surface area contributed by atoms with Crippen LogP contribution in [-0.4, -0.2) is 50.9 Å². The summed E-state index contributed by atoms with van der Waals surface area (Å²) in [6.45, 7) is 0.781. The second-order valence-electron chi connectivity index (χ2n) is 5.61. The highest BCUT2D eigenvalue weighted by molar-refractivity contribution is 7.88. The molecule has 1 saturated heterocycles. The van der Waals surface area contributed by atoms with Crippen molar-refractivity contribution >= 4 is 27.5 Å². The summed E-state index contributed by atoms with van der Waals surface area (Å²) in [5.74, 6) is -0.262. The topological polar surface area (TPSA) is 86.8 Å². The Morgan fingerprint density at radius 1 is 1.39 bits per heavy atom. The lowest BCUT2D eigenvalue weighted by Crippen LogP contribution is -2.37. The van der Waals surface area contributed by atoms with Gasteiger partial charge in [0.1, 0.15) is 0 Å². The fraction of sp³-hybridized carbons (Fsp3) is 0.467. The zero-order valence-corrected chi connectivity index (χ0v) is 14.1. The van der Waals surface area contributed by atoms with Gasteiger partial charge < -0.3 is 10.2 Å². The molecule has 126 valence electrons. The molecule has 0 saturated carbocycles. The SMILES string of the molecule is CN(CC(=O)NCc1cccc(N2CCCC2=O)c1)S(C)(=O)=O. The van der Waals surface area contributed by atoms with Gasteiger partial charge >= 0.3 is 0 Å². The molecule has 1 aromatic carbocycles. The Labute approximate surface area is 136 Å². The van der Waals surface area contributed by atoms with E-state index in [0.717, 1.165) is 28.2 Å². The number of carbonyl (C=O) groups is 2. The zero-order valence-electron chi connectivity index (χ0n) is 13.3. The highest BCUT2D eigenvalue weighted by atomic mass is 32.2. The Bertz CT molecular complexity index is 702. The maximum Gasteiger partial charge on any atom is 0.235 e. The van der Waals surface area contributed by atoms with E-state index in [1.165, 1.54) is 7.05 Å². The third-order valence-corrected chi connectivity index (χ3v) is 4.98. The van der Waals surface area contributed by atoms with Gasteiger partial charge in [-0.1, -0.05) is 12.1 Å². The summed E-state index contributed by atoms with van der Waals surface area (Å²) in [6.07, 6.45) is 2.48. The second-order valence-corrected chi connectivity index (χ2v) is 7.70. The molecule has 1 aliphatic rings. The van der Waals surface area contributed by atoms with Crippen LogP contribution in [0.4, 0.5) is 5.69 Å². The minimum absolute atomic E-state index is 0.112. The van der Waals surface area contributed by atoms with Gasteiger partial charge in [0, 0.05) is 32.2 Å². The molecule has 2 rings (SSSR count). The van der Waals surface area contributed by atoms with Crippen LogP contribution in [0.25, 0.3) is 0 Å². The minimum atomic E-state index is -3.38. The first kappa shape index (κ1) is 17.4. The van der Waals surface area contributed by atoms with Gasteiger partial charge in [0.25, 0.3) is 0 Å². The molecular weight excluding hydrogens is 318 g/mol. The van der Waals surface area contributed by atoms with Crippen molar-refractivity contribution in [1.29, 1.82) is 0 Å². The zero-order chi connectivity index (χ0) is 17.0. The Morgan fingerprint density at radius 2 is 2.13 bits per heavy atom. The third-order valence-electron chi connectivity index (χ3n) is 3.72. The van der Waals surface area contributed by atoms with E-state index in [1.807, 2.05) is 24.3 Å². The van der Waals surface area contributed by atoms with Gasteiger partial charge in [-0.3, -0.25) is 9.59 Å². The number of amides is 2. The van der Waals surface area contributed by atoms with Gasteiger partial charge in [-0.05, 0) is 24.1 Å². The Morgan fingerprint density at radius 3 is 2.74 bits per heavy atom. The summed E-state index contributed by atoms with van der Waals surface area (Å²) in [5.41, 5.74) is 1.69. The number of nitrogens with one attached hydrogen (secondary N) is 1. The second kappa shape index (κ2) is 7.10. The molecule has 0 aromatic heterocycles. The monoisotopic (exact) mass is 339 g/mol. The molecule has 0 unspecified atom stereocenters. The maximum atomic E-state index is 11.8. The lowest BCUT2D eigenvalue weighted by molar-refractivity contribution is -0.121. The molecule has 0 bridgehead atoms. The summed E-state index contributed by atoms with van der Waals surface area (Å²) in [5, 5.41) is 2.68. The van der Waals surface area contributed by atoms with E-state index >= 15 is 0 Å². The van der Waals surface area contributed by atoms with Crippen molar-refractivity contribution in [2.45, 2.75) is 19.4 Å². The number of hydrogen-bond acceptors (Lipinski definition) is 4. The predicted octanol–water partition coefficient (Wildman–Crippen LogP) is 0.321. The van der Waals surface area contributed by atoms with Crippen molar-refractivity contribution in [3.05, 3.63) is 29.8 Å². The molecule has 0 atom stereocenters. The van der Waals surface area contributed by atoms with Crippen molar-refractivity contribution in [2.24, 2.45) is 0 Å². The fourth-order valence-electron chi connectivity index (χ4n) is 2.33. The number of benzene rings is 1. The van der Waals surface area contributed by atoms with Crippen molar-refractivity contribution in [3.63, 3.8) is 0 Å². The van der Waals surface area contributed by atoms with E-state index in [-0.39, 0.29) is 24.9 Å². The molecule has 1 aliphatic heterocycles. The summed E-state index contributed by atoms with van der Waals surface area (Å²) in [7, 11) is -2.02. The Kier molecular flexibility index (Phi) is 5.38. The predicted molar refractivity (Wildman–Crippen MR) is 87.3 cm³/mol. The lowest BCUT2D eigenvalue weighted by atomic mass is 10.2. The summed E-state index contributed by atoms with van der Waals surface area (Å²) in [6, 6.07) is 7.42. The number of nitrogens with zero attached hydrogens (tertiary/aromatic N) is 2. The third kappa shape index (κ3) is 4.77. The number of likely N-dealkylation sites (N-methyl/N-ethyl adjacent to an activating group) is 1. The van der Waals surface area contributed by atoms with Crippen LogP contribution in [0.3, 0.4) is 0 Å². The standard InChI is InChI=1S/C15H21N3O4S/c1-17(23(2,21)22)11-14(19)16-10-12-5-3-6-13(9-12)18-8-4-7-15(18)20/h3,5-6,9H,4,7-8,10-11H2,1-2H3,(H,16,19). The van der Waals surface area contributed by atoms with Crippen LogP contribution in [0.15, 0.2) is 24.3 Å². The van der Waals surface area contributed by atoms with Crippen molar-refractivity contribution in [3.8, 4) is 0 Å². The molecule has 1 N–H and O–H groups in total. The quantitative estimate of drug-likeness (QED) is 0.809. The minimum Gasteiger partial charge on any atom is -0.351 e. The Hall–Kier alpha value is -1.93. The van der Waals surface area contributed by atoms with Gasteiger partial charge in [-0.25, -0.2) is 8.42 Å². The van der Waals surface area contributed by atoms with Gasteiger partial charge in [-0.15, -0.1) is 0 Å². The number of rotatable bonds is 6. The molecule has 7 nitrogen and oxygen atoms in total. The van der Waals surface area contributed by atoms with E-state index in [1.54, 1.807) is 4.90 Å². The number of anilines is 1.